The maximum atomic E-state index is 6.63. The molecule has 0 atom stereocenters. The van der Waals surface area contributed by atoms with Crippen LogP contribution >= 0.6 is 23.2 Å². The van der Waals surface area contributed by atoms with Crippen molar-refractivity contribution in [3.63, 3.8) is 0 Å². The van der Waals surface area contributed by atoms with Gasteiger partial charge in [0.15, 0.2) is 0 Å². The number of hydrogen-bond donors (Lipinski definition) is 0. The van der Waals surface area contributed by atoms with E-state index in [4.69, 9.17) is 28.2 Å². The summed E-state index contributed by atoms with van der Waals surface area (Å²) in [6.07, 6.45) is 13.4. The summed E-state index contributed by atoms with van der Waals surface area (Å²) in [5.41, 5.74) is 1.97. The third-order valence-corrected chi connectivity index (χ3v) is 6.76. The number of anilines is 1. The Kier molecular flexibility index (Phi) is 5.77. The number of quaternary nitrogens is 1. The van der Waals surface area contributed by atoms with Crippen LogP contribution in [-0.4, -0.2) is 65.1 Å². The molecule has 7 heteroatoms. The topological polar surface area (TPSA) is 32.0 Å². The predicted octanol–water partition coefficient (Wildman–Crippen LogP) is 4.25. The second-order valence-corrected chi connectivity index (χ2v) is 8.99. The SMILES string of the molecule is C[N+]1=C([N+]2(C)CCCCC2)c2nc(Cl)nc(N3CCCCC3)c2C=CC=C1Cl. The molecule has 0 N–H and O–H groups in total. The molecule has 0 unspecified atom stereocenters. The van der Waals surface area contributed by atoms with E-state index in [2.05, 4.69) is 27.6 Å². The zero-order valence-corrected chi connectivity index (χ0v) is 18.3. The van der Waals surface area contributed by atoms with Crippen LogP contribution in [0.3, 0.4) is 0 Å². The largest absolute Gasteiger partial charge is 0.396 e. The van der Waals surface area contributed by atoms with E-state index >= 15 is 0 Å². The quantitative estimate of drug-likeness (QED) is 0.294. The molecule has 2 fully saturated rings. The Bertz CT molecular complexity index is 847. The number of nitrogens with zero attached hydrogens (tertiary/aromatic N) is 5. The highest BCUT2D eigenvalue weighted by molar-refractivity contribution is 6.29. The maximum absolute atomic E-state index is 6.63. The molecule has 0 aliphatic carbocycles. The van der Waals surface area contributed by atoms with Crippen LogP contribution in [0.4, 0.5) is 5.82 Å². The minimum Gasteiger partial charge on any atom is -0.356 e. The summed E-state index contributed by atoms with van der Waals surface area (Å²) in [5.74, 6) is 2.06. The van der Waals surface area contributed by atoms with Gasteiger partial charge in [0.1, 0.15) is 12.9 Å². The highest BCUT2D eigenvalue weighted by atomic mass is 35.5. The van der Waals surface area contributed by atoms with E-state index in [0.717, 1.165) is 53.6 Å². The first-order valence-corrected chi connectivity index (χ1v) is 11.1. The Morgan fingerprint density at radius 1 is 1.00 bits per heavy atom. The molecule has 1 aromatic rings. The zero-order valence-electron chi connectivity index (χ0n) is 16.8. The smallest absolute Gasteiger partial charge is 0.356 e. The van der Waals surface area contributed by atoms with Gasteiger partial charge in [0.05, 0.1) is 25.7 Å². The number of likely N-dealkylation sites (tertiary alicyclic amines) is 1. The Morgan fingerprint density at radius 3 is 2.39 bits per heavy atom. The van der Waals surface area contributed by atoms with Gasteiger partial charge in [-0.2, -0.15) is 4.98 Å². The Labute approximate surface area is 177 Å². The number of rotatable bonds is 1. The van der Waals surface area contributed by atoms with Gasteiger partial charge in [0.25, 0.3) is 5.16 Å². The molecule has 0 amide bonds. The molecule has 150 valence electrons. The number of aromatic nitrogens is 2. The van der Waals surface area contributed by atoms with Crippen LogP contribution in [0.25, 0.3) is 6.08 Å². The number of hydrogen-bond acceptors (Lipinski definition) is 3. The van der Waals surface area contributed by atoms with E-state index in [1.165, 1.54) is 38.5 Å². The summed E-state index contributed by atoms with van der Waals surface area (Å²) in [4.78, 5) is 11.8. The first-order chi connectivity index (χ1) is 13.5. The third-order valence-electron chi connectivity index (χ3n) is 6.22. The molecule has 2 saturated heterocycles. The van der Waals surface area contributed by atoms with E-state index in [9.17, 15) is 0 Å². The molecular formula is C21H29Cl2N5+2. The minimum atomic E-state index is 0.308. The molecule has 0 spiro atoms. The van der Waals surface area contributed by atoms with Gasteiger partial charge in [-0.1, -0.05) is 6.08 Å². The molecule has 28 heavy (non-hydrogen) atoms. The number of piperidine rings is 2. The normalized spacial score (nSPS) is 22.4. The fourth-order valence-electron chi connectivity index (χ4n) is 4.74. The van der Waals surface area contributed by atoms with Crippen molar-refractivity contribution in [2.45, 2.75) is 38.5 Å². The standard InChI is InChI=1S/C21H29Cl2N5/c1-26-17(22)11-9-10-16-18(20(26)28(2)14-7-4-8-15-28)24-21(23)25-19(16)27-12-5-3-6-13-27/h9-11H,3-8,12-15H2,1-2H3/q+2. The first-order valence-electron chi connectivity index (χ1n) is 10.3. The summed E-state index contributed by atoms with van der Waals surface area (Å²) in [7, 11) is 4.33. The van der Waals surface area contributed by atoms with Crippen LogP contribution in [0, 0.1) is 0 Å². The molecule has 1 aromatic heterocycles. The van der Waals surface area contributed by atoms with Crippen LogP contribution in [0.1, 0.15) is 49.8 Å². The lowest BCUT2D eigenvalue weighted by Crippen LogP contribution is -2.56. The number of fused-ring (bicyclic) bond motifs is 1. The molecule has 5 nitrogen and oxygen atoms in total. The second-order valence-electron chi connectivity index (χ2n) is 8.26. The highest BCUT2D eigenvalue weighted by Gasteiger charge is 2.43. The van der Waals surface area contributed by atoms with Crippen molar-refractivity contribution >= 4 is 40.9 Å². The molecular weight excluding hydrogens is 393 g/mol. The van der Waals surface area contributed by atoms with Crippen molar-refractivity contribution in [2.75, 3.05) is 45.2 Å². The second kappa shape index (κ2) is 8.13. The van der Waals surface area contributed by atoms with Gasteiger partial charge < -0.3 is 4.90 Å². The summed E-state index contributed by atoms with van der Waals surface area (Å²) >= 11 is 13.1. The van der Waals surface area contributed by atoms with E-state index < -0.39 is 0 Å². The monoisotopic (exact) mass is 421 g/mol. The summed E-state index contributed by atoms with van der Waals surface area (Å²) in [5, 5.41) is 0.999. The molecule has 3 aliphatic rings. The van der Waals surface area contributed by atoms with Crippen LogP contribution in [-0.2, 0) is 0 Å². The lowest BCUT2D eigenvalue weighted by Gasteiger charge is -2.36. The Morgan fingerprint density at radius 2 is 1.68 bits per heavy atom. The van der Waals surface area contributed by atoms with Gasteiger partial charge in [0, 0.05) is 19.2 Å². The average molecular weight is 422 g/mol. The van der Waals surface area contributed by atoms with Crippen molar-refractivity contribution in [1.29, 1.82) is 0 Å². The van der Waals surface area contributed by atoms with Gasteiger partial charge in [-0.05, 0) is 67.8 Å². The van der Waals surface area contributed by atoms with Crippen molar-refractivity contribution in [2.24, 2.45) is 0 Å². The van der Waals surface area contributed by atoms with E-state index in [1.807, 2.05) is 19.2 Å². The number of amidine groups is 1. The Hall–Kier alpha value is -1.43. The predicted molar refractivity (Wildman–Crippen MR) is 116 cm³/mol. The molecule has 0 radical (unpaired) electrons. The lowest BCUT2D eigenvalue weighted by molar-refractivity contribution is -0.845. The van der Waals surface area contributed by atoms with Crippen LogP contribution in [0.5, 0.6) is 0 Å². The molecule has 0 saturated carbocycles. The first kappa shape index (κ1) is 19.9. The molecule has 0 bridgehead atoms. The maximum Gasteiger partial charge on any atom is 0.396 e. The van der Waals surface area contributed by atoms with Crippen LogP contribution < -0.4 is 4.90 Å². The van der Waals surface area contributed by atoms with Gasteiger partial charge in [-0.3, -0.25) is 0 Å². The van der Waals surface area contributed by atoms with Crippen LogP contribution in [0.2, 0.25) is 5.28 Å². The summed E-state index contributed by atoms with van der Waals surface area (Å²) in [6, 6.07) is 0. The average Bonchev–Trinajstić information content (AvgIpc) is 2.69. The van der Waals surface area contributed by atoms with Crippen molar-refractivity contribution in [3.05, 3.63) is 33.8 Å². The van der Waals surface area contributed by atoms with Gasteiger partial charge in [-0.25, -0.2) is 9.47 Å². The fourth-order valence-corrected chi connectivity index (χ4v) is 5.05. The summed E-state index contributed by atoms with van der Waals surface area (Å²) < 4.78 is 2.90. The lowest BCUT2D eigenvalue weighted by atomic mass is 10.0. The number of allylic oxidation sites excluding steroid dienone is 2. The fraction of sp³-hybridized carbons (Fsp3) is 0.571. The van der Waals surface area contributed by atoms with E-state index in [-0.39, 0.29) is 0 Å². The van der Waals surface area contributed by atoms with Crippen molar-refractivity contribution in [3.8, 4) is 0 Å². The van der Waals surface area contributed by atoms with Crippen molar-refractivity contribution < 1.29 is 9.06 Å². The van der Waals surface area contributed by atoms with Gasteiger partial charge in [-0.15, -0.1) is 4.58 Å². The van der Waals surface area contributed by atoms with Gasteiger partial charge in [0.2, 0.25) is 11.0 Å². The van der Waals surface area contributed by atoms with Crippen molar-refractivity contribution in [1.82, 2.24) is 9.97 Å². The Balaban J connectivity index is 1.93. The highest BCUT2D eigenvalue weighted by Crippen LogP contribution is 2.31. The van der Waals surface area contributed by atoms with E-state index in [0.29, 0.717) is 10.4 Å². The molecule has 3 aliphatic heterocycles. The molecule has 0 aromatic carbocycles. The molecule has 4 heterocycles. The van der Waals surface area contributed by atoms with E-state index in [1.54, 1.807) is 0 Å². The number of halogens is 2. The summed E-state index contributed by atoms with van der Waals surface area (Å²) in [6.45, 7) is 4.18. The van der Waals surface area contributed by atoms with Crippen LogP contribution in [0.15, 0.2) is 17.3 Å². The molecule has 4 rings (SSSR count). The zero-order chi connectivity index (χ0) is 19.7. The minimum absolute atomic E-state index is 0.308. The third kappa shape index (κ3) is 3.72. The van der Waals surface area contributed by atoms with Gasteiger partial charge >= 0.3 is 5.84 Å².